The Kier molecular flexibility index (Phi) is 5.60. The van der Waals surface area contributed by atoms with Crippen molar-refractivity contribution < 1.29 is 19.1 Å². The van der Waals surface area contributed by atoms with Gasteiger partial charge in [0.25, 0.3) is 0 Å². The molecule has 6 nitrogen and oxygen atoms in total. The van der Waals surface area contributed by atoms with Crippen molar-refractivity contribution in [2.45, 2.75) is 45.3 Å². The molecular formula is C13H24N2O4. The summed E-state index contributed by atoms with van der Waals surface area (Å²) >= 11 is 0. The van der Waals surface area contributed by atoms with E-state index in [-0.39, 0.29) is 17.9 Å². The molecule has 1 saturated heterocycles. The van der Waals surface area contributed by atoms with E-state index in [1.165, 1.54) is 7.11 Å². The molecule has 1 amide bonds. The van der Waals surface area contributed by atoms with Crippen molar-refractivity contribution in [3.63, 3.8) is 0 Å². The van der Waals surface area contributed by atoms with Gasteiger partial charge in [0.15, 0.2) is 0 Å². The number of carbonyl (C=O) groups excluding carboxylic acids is 2. The van der Waals surface area contributed by atoms with E-state index in [1.54, 1.807) is 0 Å². The lowest BCUT2D eigenvalue weighted by atomic mass is 9.93. The van der Waals surface area contributed by atoms with Gasteiger partial charge in [0.1, 0.15) is 5.60 Å². The maximum atomic E-state index is 11.7. The lowest BCUT2D eigenvalue weighted by molar-refractivity contribution is -0.141. The maximum absolute atomic E-state index is 11.7. The lowest BCUT2D eigenvalue weighted by Crippen LogP contribution is -2.50. The molecule has 0 unspecified atom stereocenters. The molecule has 0 spiro atoms. The summed E-state index contributed by atoms with van der Waals surface area (Å²) in [7, 11) is 1.38. The summed E-state index contributed by atoms with van der Waals surface area (Å²) in [5, 5.41) is 6.03. The van der Waals surface area contributed by atoms with Crippen LogP contribution in [0, 0.1) is 5.92 Å². The van der Waals surface area contributed by atoms with Crippen LogP contribution in [0.4, 0.5) is 4.79 Å². The highest BCUT2D eigenvalue weighted by Crippen LogP contribution is 2.16. The molecule has 1 aliphatic rings. The summed E-state index contributed by atoms with van der Waals surface area (Å²) in [6.45, 7) is 6.93. The Hall–Kier alpha value is -1.30. The fourth-order valence-electron chi connectivity index (χ4n) is 2.09. The number of methoxy groups -OCH3 is 1. The molecular weight excluding hydrogens is 248 g/mol. The number of carbonyl (C=O) groups is 2. The number of hydrogen-bond donors (Lipinski definition) is 2. The fourth-order valence-corrected chi connectivity index (χ4v) is 2.09. The van der Waals surface area contributed by atoms with Gasteiger partial charge in [-0.05, 0) is 39.7 Å². The number of amides is 1. The summed E-state index contributed by atoms with van der Waals surface area (Å²) in [6.07, 6.45) is 0.704. The average Bonchev–Trinajstić information content (AvgIpc) is 2.26. The Morgan fingerprint density at radius 1 is 1.32 bits per heavy atom. The van der Waals surface area contributed by atoms with Gasteiger partial charge in [-0.25, -0.2) is 4.79 Å². The van der Waals surface area contributed by atoms with Crippen molar-refractivity contribution in [3.8, 4) is 0 Å². The zero-order chi connectivity index (χ0) is 14.5. The highest BCUT2D eigenvalue weighted by atomic mass is 16.6. The van der Waals surface area contributed by atoms with Crippen molar-refractivity contribution in [2.24, 2.45) is 5.92 Å². The van der Waals surface area contributed by atoms with Gasteiger partial charge in [0.2, 0.25) is 0 Å². The second kappa shape index (κ2) is 6.75. The molecule has 0 saturated carbocycles. The van der Waals surface area contributed by atoms with Crippen LogP contribution >= 0.6 is 0 Å². The van der Waals surface area contributed by atoms with Crippen LogP contribution in [-0.4, -0.2) is 43.9 Å². The molecule has 19 heavy (non-hydrogen) atoms. The topological polar surface area (TPSA) is 76.7 Å². The van der Waals surface area contributed by atoms with Crippen molar-refractivity contribution >= 4 is 12.1 Å². The van der Waals surface area contributed by atoms with Crippen LogP contribution in [0.15, 0.2) is 0 Å². The Morgan fingerprint density at radius 3 is 2.58 bits per heavy atom. The third kappa shape index (κ3) is 6.42. The van der Waals surface area contributed by atoms with Gasteiger partial charge >= 0.3 is 12.1 Å². The van der Waals surface area contributed by atoms with E-state index in [1.807, 2.05) is 20.8 Å². The van der Waals surface area contributed by atoms with Crippen LogP contribution in [0.25, 0.3) is 0 Å². The van der Waals surface area contributed by atoms with E-state index in [4.69, 9.17) is 4.74 Å². The first kappa shape index (κ1) is 15.8. The summed E-state index contributed by atoms with van der Waals surface area (Å²) in [4.78, 5) is 22.9. The molecule has 2 N–H and O–H groups in total. The van der Waals surface area contributed by atoms with Crippen molar-refractivity contribution in [1.29, 1.82) is 0 Å². The minimum Gasteiger partial charge on any atom is -0.469 e. The van der Waals surface area contributed by atoms with Gasteiger partial charge in [0, 0.05) is 19.0 Å². The number of alkyl carbamates (subject to hydrolysis) is 1. The first-order valence-corrected chi connectivity index (χ1v) is 6.57. The Morgan fingerprint density at radius 2 is 2.00 bits per heavy atom. The highest BCUT2D eigenvalue weighted by molar-refractivity contribution is 5.70. The average molecular weight is 272 g/mol. The number of rotatable bonds is 3. The molecule has 2 atom stereocenters. The molecule has 110 valence electrons. The van der Waals surface area contributed by atoms with E-state index in [2.05, 4.69) is 15.4 Å². The molecule has 1 aliphatic heterocycles. The quantitative estimate of drug-likeness (QED) is 0.751. The van der Waals surface area contributed by atoms with E-state index in [9.17, 15) is 9.59 Å². The predicted molar refractivity (Wildman–Crippen MR) is 70.8 cm³/mol. The summed E-state index contributed by atoms with van der Waals surface area (Å²) in [6, 6.07) is -0.0155. The predicted octanol–water partition coefficient (Wildman–Crippen LogP) is 1.05. The van der Waals surface area contributed by atoms with E-state index >= 15 is 0 Å². The first-order chi connectivity index (χ1) is 8.80. The summed E-state index contributed by atoms with van der Waals surface area (Å²) in [5.41, 5.74) is -0.502. The minimum atomic E-state index is -0.502. The SMILES string of the molecule is COC(=O)C[C@H]1CNC[C@H](NC(=O)OC(C)(C)C)C1. The van der Waals surface area contributed by atoms with Crippen LogP contribution in [0.1, 0.15) is 33.6 Å². The number of esters is 1. The number of hydrogen-bond acceptors (Lipinski definition) is 5. The van der Waals surface area contributed by atoms with Crippen LogP contribution in [-0.2, 0) is 14.3 Å². The normalized spacial score (nSPS) is 23.6. The van der Waals surface area contributed by atoms with Crippen LogP contribution in [0.3, 0.4) is 0 Å². The standard InChI is InChI=1S/C13H24N2O4/c1-13(2,3)19-12(17)15-10-5-9(7-14-8-10)6-11(16)18-4/h9-10,14H,5-8H2,1-4H3,(H,15,17)/t9-,10+/m0/s1. The molecule has 0 aliphatic carbocycles. The van der Waals surface area contributed by atoms with Gasteiger partial charge in [-0.1, -0.05) is 0 Å². The van der Waals surface area contributed by atoms with Crippen molar-refractivity contribution in [1.82, 2.24) is 10.6 Å². The van der Waals surface area contributed by atoms with E-state index in [0.717, 1.165) is 13.0 Å². The second-order valence-electron chi connectivity index (χ2n) is 5.88. The van der Waals surface area contributed by atoms with E-state index in [0.29, 0.717) is 13.0 Å². The zero-order valence-corrected chi connectivity index (χ0v) is 12.1. The largest absolute Gasteiger partial charge is 0.469 e. The third-order valence-electron chi connectivity index (χ3n) is 2.85. The van der Waals surface area contributed by atoms with Crippen LogP contribution in [0.2, 0.25) is 0 Å². The van der Waals surface area contributed by atoms with Crippen LogP contribution < -0.4 is 10.6 Å². The van der Waals surface area contributed by atoms with Crippen molar-refractivity contribution in [3.05, 3.63) is 0 Å². The zero-order valence-electron chi connectivity index (χ0n) is 12.1. The van der Waals surface area contributed by atoms with Gasteiger partial charge in [0.05, 0.1) is 7.11 Å². The smallest absolute Gasteiger partial charge is 0.407 e. The molecule has 6 heteroatoms. The van der Waals surface area contributed by atoms with Gasteiger partial charge < -0.3 is 20.1 Å². The molecule has 0 radical (unpaired) electrons. The number of piperidine rings is 1. The molecule has 0 aromatic heterocycles. The molecule has 0 aromatic carbocycles. The molecule has 1 rings (SSSR count). The van der Waals surface area contributed by atoms with Crippen LogP contribution in [0.5, 0.6) is 0 Å². The summed E-state index contributed by atoms with van der Waals surface area (Å²) in [5.74, 6) is -0.0362. The van der Waals surface area contributed by atoms with E-state index < -0.39 is 11.7 Å². The Balaban J connectivity index is 2.38. The Labute approximate surface area is 114 Å². The maximum Gasteiger partial charge on any atom is 0.407 e. The fraction of sp³-hybridized carbons (Fsp3) is 0.846. The minimum absolute atomic E-state index is 0.0155. The third-order valence-corrected chi connectivity index (χ3v) is 2.85. The van der Waals surface area contributed by atoms with Crippen molar-refractivity contribution in [2.75, 3.05) is 20.2 Å². The lowest BCUT2D eigenvalue weighted by Gasteiger charge is -2.30. The monoisotopic (exact) mass is 272 g/mol. The summed E-state index contributed by atoms with van der Waals surface area (Å²) < 4.78 is 9.86. The second-order valence-corrected chi connectivity index (χ2v) is 5.88. The molecule has 1 heterocycles. The Bertz CT molecular complexity index is 325. The van der Waals surface area contributed by atoms with Gasteiger partial charge in [-0.3, -0.25) is 4.79 Å². The molecule has 1 fully saturated rings. The molecule has 0 bridgehead atoms. The first-order valence-electron chi connectivity index (χ1n) is 6.57. The number of nitrogens with one attached hydrogen (secondary N) is 2. The van der Waals surface area contributed by atoms with Gasteiger partial charge in [-0.2, -0.15) is 0 Å². The highest BCUT2D eigenvalue weighted by Gasteiger charge is 2.26. The number of ether oxygens (including phenoxy) is 2. The molecule has 0 aromatic rings. The van der Waals surface area contributed by atoms with Gasteiger partial charge in [-0.15, -0.1) is 0 Å².